The Hall–Kier alpha value is -5.96. The van der Waals surface area contributed by atoms with E-state index in [1.54, 1.807) is 72.9 Å². The van der Waals surface area contributed by atoms with Gasteiger partial charge in [0.15, 0.2) is 6.10 Å². The number of aromatic nitrogens is 1. The van der Waals surface area contributed by atoms with Crippen molar-refractivity contribution < 1.29 is 29.0 Å². The third-order valence-electron chi connectivity index (χ3n) is 7.61. The second-order valence-electron chi connectivity index (χ2n) is 10.9. The van der Waals surface area contributed by atoms with Crippen LogP contribution >= 0.6 is 0 Å². The molecule has 0 radical (unpaired) electrons. The molecular weight excluding hydrogens is 582 g/mol. The van der Waals surface area contributed by atoms with Crippen LogP contribution in [0.4, 0.5) is 5.69 Å². The minimum atomic E-state index is -1.04. The molecule has 0 aliphatic carbocycles. The van der Waals surface area contributed by atoms with Crippen LogP contribution in [0.25, 0.3) is 21.7 Å². The monoisotopic (exact) mass is 613 g/mol. The molecule has 46 heavy (non-hydrogen) atoms. The molecule has 0 aliphatic heterocycles. The number of nitrogens with zero attached hydrogens (tertiary/aromatic N) is 1. The Kier molecular flexibility index (Phi) is 8.73. The molecule has 0 spiro atoms. The van der Waals surface area contributed by atoms with Crippen molar-refractivity contribution in [2.24, 2.45) is 0 Å². The maximum absolute atomic E-state index is 13.0. The summed E-state index contributed by atoms with van der Waals surface area (Å²) in [5.74, 6) is -0.467. The van der Waals surface area contributed by atoms with Gasteiger partial charge in [0.2, 0.25) is 0 Å². The zero-order chi connectivity index (χ0) is 32.0. The highest BCUT2D eigenvalue weighted by Crippen LogP contribution is 2.27. The molecule has 6 rings (SSSR count). The van der Waals surface area contributed by atoms with E-state index in [-0.39, 0.29) is 31.4 Å². The van der Waals surface area contributed by atoms with Crippen LogP contribution in [0, 0.1) is 6.92 Å². The van der Waals surface area contributed by atoms with Crippen molar-refractivity contribution in [1.29, 1.82) is 0 Å². The number of fused-ring (bicyclic) bond motifs is 6. The van der Waals surface area contributed by atoms with Gasteiger partial charge in [0, 0.05) is 34.8 Å². The molecule has 9 nitrogen and oxygen atoms in total. The van der Waals surface area contributed by atoms with Crippen LogP contribution in [-0.4, -0.2) is 47.1 Å². The standard InChI is InChI=1S/C37H31N3O6/c1-23-2-11-30(12-3-23)46-34(37(43)44)20-24-4-13-29(14-5-24)45-19-18-39-35(41)25-6-9-28(10-7-25)40-36(42)31-15-8-26-21-32(31)33-22-27(26)16-17-38-33/h2-17,21-22,34H,18-20H2,1H3,(H,39,41)(H,40,42)(H,43,44). The Labute approximate surface area is 265 Å². The van der Waals surface area contributed by atoms with Gasteiger partial charge in [0.05, 0.1) is 12.1 Å². The van der Waals surface area contributed by atoms with Crippen molar-refractivity contribution >= 4 is 45.1 Å². The lowest BCUT2D eigenvalue weighted by Crippen LogP contribution is -2.29. The zero-order valence-corrected chi connectivity index (χ0v) is 25.0. The molecule has 6 aromatic rings. The quantitative estimate of drug-likeness (QED) is 0.139. The highest BCUT2D eigenvalue weighted by Gasteiger charge is 2.20. The van der Waals surface area contributed by atoms with E-state index in [0.717, 1.165) is 32.8 Å². The molecule has 0 saturated heterocycles. The number of benzene rings is 5. The number of nitrogens with one attached hydrogen (secondary N) is 2. The number of rotatable bonds is 12. The number of anilines is 1. The van der Waals surface area contributed by atoms with Gasteiger partial charge in [-0.3, -0.25) is 14.6 Å². The summed E-state index contributed by atoms with van der Waals surface area (Å²) >= 11 is 0. The van der Waals surface area contributed by atoms with Crippen molar-refractivity contribution in [3.05, 3.63) is 132 Å². The average molecular weight is 614 g/mol. The number of aliphatic carboxylic acids is 1. The second-order valence-corrected chi connectivity index (χ2v) is 10.9. The second kappa shape index (κ2) is 13.4. The largest absolute Gasteiger partial charge is 0.492 e. The average Bonchev–Trinajstić information content (AvgIpc) is 3.07. The molecule has 230 valence electrons. The molecular formula is C37H31N3O6. The third-order valence-corrected chi connectivity index (χ3v) is 7.61. The molecule has 0 fully saturated rings. The number of hydrogen-bond donors (Lipinski definition) is 3. The fraction of sp³-hybridized carbons (Fsp3) is 0.135. The van der Waals surface area contributed by atoms with E-state index in [1.165, 1.54) is 0 Å². The predicted octanol–water partition coefficient (Wildman–Crippen LogP) is 6.27. The number of carboxylic acids is 1. The first-order chi connectivity index (χ1) is 22.3. The molecule has 1 heterocycles. The molecule has 1 unspecified atom stereocenters. The third kappa shape index (κ3) is 7.05. The SMILES string of the molecule is Cc1ccc(OC(Cc2ccc(OCCNC(=O)c3ccc(NC(=O)c4ccc5cc4c4cc5ccn4)cc3)cc2)C(=O)O)cc1. The number of carboxylic acid groups (broad SMARTS) is 1. The van der Waals surface area contributed by atoms with Gasteiger partial charge >= 0.3 is 5.97 Å². The minimum Gasteiger partial charge on any atom is -0.492 e. The minimum absolute atomic E-state index is 0.197. The number of carbonyl (C=O) groups is 3. The van der Waals surface area contributed by atoms with E-state index >= 15 is 0 Å². The highest BCUT2D eigenvalue weighted by molar-refractivity contribution is 6.15. The van der Waals surface area contributed by atoms with Crippen LogP contribution < -0.4 is 20.1 Å². The Morgan fingerprint density at radius 2 is 1.52 bits per heavy atom. The van der Waals surface area contributed by atoms with E-state index in [9.17, 15) is 19.5 Å². The summed E-state index contributed by atoms with van der Waals surface area (Å²) in [7, 11) is 0. The van der Waals surface area contributed by atoms with Crippen LogP contribution in [0.5, 0.6) is 11.5 Å². The summed E-state index contributed by atoms with van der Waals surface area (Å²) in [6, 6.07) is 30.6. The maximum Gasteiger partial charge on any atom is 0.345 e. The first-order valence-corrected chi connectivity index (χ1v) is 14.8. The van der Waals surface area contributed by atoms with Gasteiger partial charge in [-0.25, -0.2) is 4.79 Å². The molecule has 0 aliphatic rings. The number of aryl methyl sites for hydroxylation is 1. The summed E-state index contributed by atoms with van der Waals surface area (Å²) in [5.41, 5.74) is 4.16. The van der Waals surface area contributed by atoms with E-state index < -0.39 is 12.1 Å². The van der Waals surface area contributed by atoms with Crippen LogP contribution in [0.3, 0.4) is 0 Å². The number of amides is 2. The summed E-state index contributed by atoms with van der Waals surface area (Å²) in [5, 5.41) is 18.2. The molecule has 2 amide bonds. The van der Waals surface area contributed by atoms with Crippen LogP contribution in [-0.2, 0) is 11.2 Å². The molecule has 3 N–H and O–H groups in total. The van der Waals surface area contributed by atoms with Crippen molar-refractivity contribution in [1.82, 2.24) is 10.3 Å². The summed E-state index contributed by atoms with van der Waals surface area (Å²) in [6.45, 7) is 2.47. The fourth-order valence-electron chi connectivity index (χ4n) is 5.13. The molecule has 9 heteroatoms. The van der Waals surface area contributed by atoms with Crippen molar-refractivity contribution in [3.63, 3.8) is 0 Å². The van der Waals surface area contributed by atoms with Gasteiger partial charge in [0.25, 0.3) is 11.8 Å². The van der Waals surface area contributed by atoms with E-state index in [0.29, 0.717) is 28.3 Å². The van der Waals surface area contributed by atoms with Crippen molar-refractivity contribution in [2.75, 3.05) is 18.5 Å². The molecule has 4 bridgehead atoms. The number of pyridine rings is 1. The lowest BCUT2D eigenvalue weighted by atomic mass is 10.0. The van der Waals surface area contributed by atoms with Gasteiger partial charge in [-0.2, -0.15) is 0 Å². The summed E-state index contributed by atoms with van der Waals surface area (Å²) < 4.78 is 11.4. The Morgan fingerprint density at radius 1 is 0.804 bits per heavy atom. The van der Waals surface area contributed by atoms with Gasteiger partial charge in [-0.05, 0) is 96.1 Å². The topological polar surface area (TPSA) is 127 Å². The summed E-state index contributed by atoms with van der Waals surface area (Å²) in [6.07, 6.45) is 0.914. The number of hydrogen-bond acceptors (Lipinski definition) is 6. The maximum atomic E-state index is 13.0. The molecule has 0 saturated carbocycles. The van der Waals surface area contributed by atoms with Crippen molar-refractivity contribution in [3.8, 4) is 11.5 Å². The van der Waals surface area contributed by atoms with Gasteiger partial charge in [0.1, 0.15) is 18.1 Å². The first-order valence-electron chi connectivity index (χ1n) is 14.8. The first kappa shape index (κ1) is 30.1. The van der Waals surface area contributed by atoms with Gasteiger partial charge < -0.3 is 25.2 Å². The van der Waals surface area contributed by atoms with E-state index in [4.69, 9.17) is 9.47 Å². The highest BCUT2D eigenvalue weighted by atomic mass is 16.5. The van der Waals surface area contributed by atoms with E-state index in [2.05, 4.69) is 15.6 Å². The molecule has 5 aromatic carbocycles. The Balaban J connectivity index is 0.958. The lowest BCUT2D eigenvalue weighted by Gasteiger charge is -2.16. The summed E-state index contributed by atoms with van der Waals surface area (Å²) in [4.78, 5) is 41.8. The number of carbonyl (C=O) groups excluding carboxylic acids is 2. The van der Waals surface area contributed by atoms with Crippen LogP contribution in [0.15, 0.2) is 109 Å². The lowest BCUT2D eigenvalue weighted by molar-refractivity contribution is -0.145. The van der Waals surface area contributed by atoms with Crippen LogP contribution in [0.1, 0.15) is 31.8 Å². The normalized spacial score (nSPS) is 11.7. The predicted molar refractivity (Wildman–Crippen MR) is 176 cm³/mol. The zero-order valence-electron chi connectivity index (χ0n) is 25.0. The van der Waals surface area contributed by atoms with Gasteiger partial charge in [-0.15, -0.1) is 0 Å². The molecule has 1 atom stereocenters. The Bertz CT molecular complexity index is 1990. The van der Waals surface area contributed by atoms with E-state index in [1.807, 2.05) is 43.3 Å². The van der Waals surface area contributed by atoms with Crippen LogP contribution in [0.2, 0.25) is 0 Å². The Morgan fingerprint density at radius 3 is 2.26 bits per heavy atom. The molecule has 1 aromatic heterocycles. The van der Waals surface area contributed by atoms with Gasteiger partial charge in [-0.1, -0.05) is 35.9 Å². The number of ether oxygens (including phenoxy) is 2. The van der Waals surface area contributed by atoms with Crippen molar-refractivity contribution in [2.45, 2.75) is 19.4 Å². The fourth-order valence-corrected chi connectivity index (χ4v) is 5.13. The smallest absolute Gasteiger partial charge is 0.345 e.